The maximum absolute atomic E-state index is 4.79. The van der Waals surface area contributed by atoms with Crippen LogP contribution in [0.25, 0.3) is 22.6 Å². The first-order valence-electron chi connectivity index (χ1n) is 11.2. The van der Waals surface area contributed by atoms with Crippen LogP contribution < -0.4 is 9.80 Å². The van der Waals surface area contributed by atoms with Crippen molar-refractivity contribution in [1.82, 2.24) is 24.8 Å². The molecule has 170 valence electrons. The summed E-state index contributed by atoms with van der Waals surface area (Å²) in [5.41, 5.74) is 6.33. The van der Waals surface area contributed by atoms with E-state index in [1.165, 1.54) is 5.56 Å². The van der Waals surface area contributed by atoms with Gasteiger partial charge in [0, 0.05) is 76.2 Å². The van der Waals surface area contributed by atoms with Gasteiger partial charge in [-0.05, 0) is 58.7 Å². The van der Waals surface area contributed by atoms with Gasteiger partial charge in [0.25, 0.3) is 0 Å². The van der Waals surface area contributed by atoms with Crippen LogP contribution in [0.2, 0.25) is 0 Å². The first-order chi connectivity index (χ1) is 16.0. The molecule has 0 spiro atoms. The third-order valence-electron chi connectivity index (χ3n) is 6.45. The van der Waals surface area contributed by atoms with E-state index in [1.807, 2.05) is 38.8 Å². The molecule has 0 amide bonds. The lowest BCUT2D eigenvalue weighted by atomic mass is 10.1. The number of nitrogens with one attached hydrogen (secondary N) is 1. The molecule has 3 aromatic heterocycles. The molecule has 7 nitrogen and oxygen atoms in total. The van der Waals surface area contributed by atoms with Crippen LogP contribution in [0, 0.1) is 0 Å². The molecule has 1 aromatic carbocycles. The highest BCUT2D eigenvalue weighted by molar-refractivity contribution is 9.10. The van der Waals surface area contributed by atoms with Gasteiger partial charge in [0.15, 0.2) is 5.65 Å². The molecule has 33 heavy (non-hydrogen) atoms. The Morgan fingerprint density at radius 2 is 1.79 bits per heavy atom. The van der Waals surface area contributed by atoms with Gasteiger partial charge in [-0.3, -0.25) is 9.88 Å². The number of H-pyrrole nitrogens is 1. The lowest BCUT2D eigenvalue weighted by Crippen LogP contribution is -2.47. The van der Waals surface area contributed by atoms with E-state index in [2.05, 4.69) is 82.8 Å². The number of aromatic nitrogens is 4. The van der Waals surface area contributed by atoms with Gasteiger partial charge in [-0.2, -0.15) is 0 Å². The number of hydrogen-bond acceptors (Lipinski definition) is 6. The monoisotopic (exact) mass is 505 g/mol. The van der Waals surface area contributed by atoms with Crippen LogP contribution in [0.5, 0.6) is 0 Å². The number of fused-ring (bicyclic) bond motifs is 1. The molecule has 0 aliphatic carbocycles. The van der Waals surface area contributed by atoms with Crippen molar-refractivity contribution in [3.05, 3.63) is 65.0 Å². The molecule has 5 rings (SSSR count). The van der Waals surface area contributed by atoms with Crippen LogP contribution in [0.1, 0.15) is 18.5 Å². The zero-order valence-electron chi connectivity index (χ0n) is 19.2. The first-order valence-corrected chi connectivity index (χ1v) is 12.0. The van der Waals surface area contributed by atoms with Crippen LogP contribution in [-0.4, -0.2) is 65.1 Å². The van der Waals surface area contributed by atoms with E-state index in [0.717, 1.165) is 64.6 Å². The fourth-order valence-electron chi connectivity index (χ4n) is 4.45. The van der Waals surface area contributed by atoms with Crippen LogP contribution in [0.4, 0.5) is 11.4 Å². The average Bonchev–Trinajstić information content (AvgIpc) is 3.28. The third kappa shape index (κ3) is 4.32. The SMILES string of the molecule is CC(c1cccnc1)N1CCN(c2c(Br)cnc3nc(-c4ccc(N(C)C)cc4)[nH]c23)CC1. The van der Waals surface area contributed by atoms with E-state index < -0.39 is 0 Å². The van der Waals surface area contributed by atoms with E-state index >= 15 is 0 Å². The Labute approximate surface area is 202 Å². The standard InChI is InChI=1S/C25H28BrN7/c1-17(19-5-4-10-27-15-19)32-11-13-33(14-12-32)23-21(26)16-28-25-22(23)29-24(30-25)18-6-8-20(9-7-18)31(2)3/h4-10,15-17H,11-14H2,1-3H3,(H,28,29,30). The maximum atomic E-state index is 4.79. The number of piperazine rings is 1. The van der Waals surface area contributed by atoms with Gasteiger partial charge in [-0.1, -0.05) is 6.07 Å². The second-order valence-corrected chi connectivity index (χ2v) is 9.52. The summed E-state index contributed by atoms with van der Waals surface area (Å²) in [5.74, 6) is 0.839. The Balaban J connectivity index is 1.39. The highest BCUT2D eigenvalue weighted by atomic mass is 79.9. The predicted octanol–water partition coefficient (Wildman–Crippen LogP) is 4.73. The quantitative estimate of drug-likeness (QED) is 0.422. The minimum atomic E-state index is 0.352. The summed E-state index contributed by atoms with van der Waals surface area (Å²) >= 11 is 3.75. The van der Waals surface area contributed by atoms with E-state index in [4.69, 9.17) is 4.98 Å². The lowest BCUT2D eigenvalue weighted by molar-refractivity contribution is 0.198. The molecule has 4 heterocycles. The van der Waals surface area contributed by atoms with Crippen molar-refractivity contribution < 1.29 is 0 Å². The first kappa shape index (κ1) is 21.9. The molecule has 8 heteroatoms. The van der Waals surface area contributed by atoms with E-state index in [-0.39, 0.29) is 0 Å². The molecule has 1 fully saturated rings. The van der Waals surface area contributed by atoms with E-state index in [1.54, 1.807) is 0 Å². The fourth-order valence-corrected chi connectivity index (χ4v) is 5.00. The Morgan fingerprint density at radius 1 is 1.03 bits per heavy atom. The summed E-state index contributed by atoms with van der Waals surface area (Å²) in [6.07, 6.45) is 5.66. The van der Waals surface area contributed by atoms with Gasteiger partial charge in [-0.15, -0.1) is 0 Å². The van der Waals surface area contributed by atoms with Crippen molar-refractivity contribution in [2.75, 3.05) is 50.1 Å². The number of halogens is 1. The Morgan fingerprint density at radius 3 is 2.45 bits per heavy atom. The molecule has 1 aliphatic rings. The second-order valence-electron chi connectivity index (χ2n) is 8.67. The molecule has 1 atom stereocenters. The normalized spacial score (nSPS) is 15.7. The molecule has 1 saturated heterocycles. The second kappa shape index (κ2) is 9.11. The number of nitrogens with zero attached hydrogens (tertiary/aromatic N) is 6. The van der Waals surface area contributed by atoms with Gasteiger partial charge in [0.1, 0.15) is 11.3 Å². The smallest absolute Gasteiger partial charge is 0.180 e. The van der Waals surface area contributed by atoms with Crippen molar-refractivity contribution in [2.45, 2.75) is 13.0 Å². The summed E-state index contributed by atoms with van der Waals surface area (Å²) in [7, 11) is 4.09. The Hall–Kier alpha value is -2.97. The largest absolute Gasteiger partial charge is 0.378 e. The zero-order chi connectivity index (χ0) is 22.9. The lowest BCUT2D eigenvalue weighted by Gasteiger charge is -2.39. The van der Waals surface area contributed by atoms with Crippen molar-refractivity contribution in [3.8, 4) is 11.4 Å². The Bertz CT molecular complexity index is 1230. The number of anilines is 2. The molecule has 0 radical (unpaired) electrons. The third-order valence-corrected chi connectivity index (χ3v) is 7.03. The van der Waals surface area contributed by atoms with Gasteiger partial charge in [0.2, 0.25) is 0 Å². The maximum Gasteiger partial charge on any atom is 0.180 e. The average molecular weight is 506 g/mol. The fraction of sp³-hybridized carbons (Fsp3) is 0.320. The summed E-state index contributed by atoms with van der Waals surface area (Å²) in [6.45, 7) is 6.11. The molecule has 1 N–H and O–H groups in total. The highest BCUT2D eigenvalue weighted by Crippen LogP contribution is 2.35. The summed E-state index contributed by atoms with van der Waals surface area (Å²) in [6, 6.07) is 12.9. The van der Waals surface area contributed by atoms with Gasteiger partial charge in [-0.25, -0.2) is 9.97 Å². The molecule has 1 unspecified atom stereocenters. The molecule has 0 bridgehead atoms. The van der Waals surface area contributed by atoms with Crippen molar-refractivity contribution >= 4 is 38.5 Å². The molecule has 1 aliphatic heterocycles. The van der Waals surface area contributed by atoms with Crippen molar-refractivity contribution in [3.63, 3.8) is 0 Å². The summed E-state index contributed by atoms with van der Waals surface area (Å²) in [4.78, 5) is 24.2. The van der Waals surface area contributed by atoms with Gasteiger partial charge >= 0.3 is 0 Å². The van der Waals surface area contributed by atoms with Crippen LogP contribution in [0.15, 0.2) is 59.5 Å². The van der Waals surface area contributed by atoms with Gasteiger partial charge in [0.05, 0.1) is 10.2 Å². The van der Waals surface area contributed by atoms with Crippen molar-refractivity contribution in [2.24, 2.45) is 0 Å². The Kier molecular flexibility index (Phi) is 6.03. The van der Waals surface area contributed by atoms with Crippen LogP contribution >= 0.6 is 15.9 Å². The van der Waals surface area contributed by atoms with E-state index in [0.29, 0.717) is 6.04 Å². The number of hydrogen-bond donors (Lipinski definition) is 1. The topological polar surface area (TPSA) is 64.2 Å². The highest BCUT2D eigenvalue weighted by Gasteiger charge is 2.25. The summed E-state index contributed by atoms with van der Waals surface area (Å²) in [5, 5.41) is 0. The number of aromatic amines is 1. The molecule has 4 aromatic rings. The van der Waals surface area contributed by atoms with Gasteiger partial charge < -0.3 is 14.8 Å². The predicted molar refractivity (Wildman–Crippen MR) is 138 cm³/mol. The number of rotatable bonds is 5. The van der Waals surface area contributed by atoms with E-state index in [9.17, 15) is 0 Å². The minimum absolute atomic E-state index is 0.352. The molecule has 0 saturated carbocycles. The van der Waals surface area contributed by atoms with Crippen LogP contribution in [0.3, 0.4) is 0 Å². The van der Waals surface area contributed by atoms with Crippen molar-refractivity contribution in [1.29, 1.82) is 0 Å². The summed E-state index contributed by atoms with van der Waals surface area (Å²) < 4.78 is 0.988. The number of benzene rings is 1. The molecular weight excluding hydrogens is 478 g/mol. The molecular formula is C25H28BrN7. The zero-order valence-corrected chi connectivity index (χ0v) is 20.7. The minimum Gasteiger partial charge on any atom is -0.378 e. The van der Waals surface area contributed by atoms with Crippen LogP contribution in [-0.2, 0) is 0 Å². The number of pyridine rings is 2. The number of imidazole rings is 1.